The number of phenols is 4. The van der Waals surface area contributed by atoms with Gasteiger partial charge in [0, 0.05) is 24.1 Å². The van der Waals surface area contributed by atoms with Crippen LogP contribution >= 0.6 is 0 Å². The van der Waals surface area contributed by atoms with Crippen LogP contribution in [0.25, 0.3) is 10.8 Å². The molecule has 0 saturated heterocycles. The predicted molar refractivity (Wildman–Crippen MR) is 213 cm³/mol. The molecule has 3 aliphatic rings. The summed E-state index contributed by atoms with van der Waals surface area (Å²) in [6.45, 7) is 0.560. The van der Waals surface area contributed by atoms with Gasteiger partial charge in [-0.25, -0.2) is 0 Å². The van der Waals surface area contributed by atoms with E-state index in [1.807, 2.05) is 30.3 Å². The number of benzene rings is 4. The number of allylic oxidation sites excluding steroid dienone is 2. The number of carbonyl (C=O) groups excluding carboxylic acids is 1. The third-order valence-electron chi connectivity index (χ3n) is 12.5. The van der Waals surface area contributed by atoms with Gasteiger partial charge >= 0.3 is 0 Å². The first-order valence-corrected chi connectivity index (χ1v) is 19.4. The number of aliphatic hydroxyl groups is 1. The Labute approximate surface area is 322 Å². The molecule has 1 aliphatic heterocycles. The zero-order valence-corrected chi connectivity index (χ0v) is 31.6. The molecule has 0 aromatic heterocycles. The van der Waals surface area contributed by atoms with Crippen molar-refractivity contribution in [1.29, 1.82) is 0 Å². The van der Waals surface area contributed by atoms with Crippen LogP contribution in [0, 0.1) is 16.7 Å². The quantitative estimate of drug-likeness (QED) is 0.0630. The van der Waals surface area contributed by atoms with E-state index in [0.717, 1.165) is 78.4 Å². The topological polar surface area (TPSA) is 161 Å². The number of ketones is 1. The summed E-state index contributed by atoms with van der Waals surface area (Å²) >= 11 is 0. The lowest BCUT2D eigenvalue weighted by Gasteiger charge is -2.52. The van der Waals surface area contributed by atoms with E-state index in [1.54, 1.807) is 30.3 Å². The second-order valence-corrected chi connectivity index (χ2v) is 15.5. The van der Waals surface area contributed by atoms with E-state index in [-0.39, 0.29) is 46.4 Å². The fourth-order valence-electron chi connectivity index (χ4n) is 10.00. The van der Waals surface area contributed by atoms with Gasteiger partial charge in [-0.15, -0.1) is 0 Å². The van der Waals surface area contributed by atoms with Crippen molar-refractivity contribution in [3.05, 3.63) is 101 Å². The van der Waals surface area contributed by atoms with Crippen molar-refractivity contribution in [1.82, 2.24) is 5.32 Å². The summed E-state index contributed by atoms with van der Waals surface area (Å²) in [6.07, 6.45) is 11.5. The minimum absolute atomic E-state index is 0.0318. The predicted octanol–water partition coefficient (Wildman–Crippen LogP) is 8.00. The lowest BCUT2D eigenvalue weighted by Crippen LogP contribution is -2.52. The Hall–Kier alpha value is -5.35. The maximum atomic E-state index is 15.1. The molecular weight excluding hydrogens is 697 g/mol. The molecule has 1 heterocycles. The number of phenolic OH excluding ortho intramolecular Hbond substituents is 4. The number of hydrogen-bond donors (Lipinski definition) is 7. The summed E-state index contributed by atoms with van der Waals surface area (Å²) < 4.78 is 10.6. The highest BCUT2D eigenvalue weighted by Gasteiger charge is 2.63. The number of fused-ring (bicyclic) bond motifs is 1. The van der Waals surface area contributed by atoms with Gasteiger partial charge in [-0.3, -0.25) is 4.79 Å². The van der Waals surface area contributed by atoms with E-state index in [4.69, 9.17) is 9.47 Å². The van der Waals surface area contributed by atoms with Gasteiger partial charge in [0.1, 0.15) is 17.4 Å². The largest absolute Gasteiger partial charge is 0.508 e. The average Bonchev–Trinajstić information content (AvgIpc) is 3.82. The number of rotatable bonds is 14. The zero-order chi connectivity index (χ0) is 38.7. The highest BCUT2D eigenvalue weighted by atomic mass is 16.5. The highest BCUT2D eigenvalue weighted by Crippen LogP contribution is 2.68. The number of aryl methyl sites for hydroxylation is 2. The first kappa shape index (κ1) is 37.9. The lowest BCUT2D eigenvalue weighted by atomic mass is 9.52. The first-order chi connectivity index (χ1) is 26.6. The molecule has 0 bridgehead atoms. The van der Waals surface area contributed by atoms with Crippen LogP contribution < -0.4 is 20.1 Å². The van der Waals surface area contributed by atoms with Crippen LogP contribution in [0.5, 0.6) is 34.5 Å². The van der Waals surface area contributed by atoms with E-state index >= 15 is 4.79 Å². The average molecular weight is 749 g/mol. The van der Waals surface area contributed by atoms with Gasteiger partial charge in [0.2, 0.25) is 5.75 Å². The number of methoxy groups -OCH3 is 2. The Morgan fingerprint density at radius 2 is 1.53 bits per heavy atom. The van der Waals surface area contributed by atoms with Gasteiger partial charge in [0.05, 0.1) is 26.2 Å². The number of Topliss-reactive ketones (excluding diaryl/α,β-unsaturated/α-hetero) is 1. The number of hydrogen-bond acceptors (Lipinski definition) is 10. The van der Waals surface area contributed by atoms with Gasteiger partial charge in [0.15, 0.2) is 23.0 Å². The number of ether oxygens (including phenoxy) is 2. The Balaban J connectivity index is 1.26. The lowest BCUT2D eigenvalue weighted by molar-refractivity contribution is -0.137. The molecule has 7 N–H and O–H groups in total. The van der Waals surface area contributed by atoms with E-state index in [0.29, 0.717) is 37.1 Å². The van der Waals surface area contributed by atoms with Gasteiger partial charge in [-0.1, -0.05) is 43.5 Å². The molecule has 2 saturated carbocycles. The summed E-state index contributed by atoms with van der Waals surface area (Å²) in [5.41, 5.74) is 2.72. The van der Waals surface area contributed by atoms with E-state index in [9.17, 15) is 25.5 Å². The van der Waals surface area contributed by atoms with Crippen molar-refractivity contribution in [3.63, 3.8) is 0 Å². The van der Waals surface area contributed by atoms with Crippen molar-refractivity contribution in [2.24, 2.45) is 16.7 Å². The van der Waals surface area contributed by atoms with Gasteiger partial charge in [-0.2, -0.15) is 0 Å². The Kier molecular flexibility index (Phi) is 10.9. The fourth-order valence-corrected chi connectivity index (χ4v) is 10.00. The summed E-state index contributed by atoms with van der Waals surface area (Å²) in [5.74, 6) is 0.175. The Morgan fingerprint density at radius 1 is 0.800 bits per heavy atom. The summed E-state index contributed by atoms with van der Waals surface area (Å²) in [4.78, 5) is 15.1. The SMILES string of the molecule is COc1cc(CC[C@@H](O)[C@H](C(=O)CCc2cc(O)c(O)c(OC)c2)[C@]2(C3=CCNC(Nc4ccc5cc(O)ccc5c4)=C3)CCCC23CCCC3)ccc1O. The molecule has 10 nitrogen and oxygen atoms in total. The molecule has 2 aliphatic carbocycles. The first-order valence-electron chi connectivity index (χ1n) is 19.4. The normalized spacial score (nSPS) is 20.1. The smallest absolute Gasteiger partial charge is 0.200 e. The zero-order valence-electron chi connectivity index (χ0n) is 31.6. The van der Waals surface area contributed by atoms with Crippen molar-refractivity contribution >= 4 is 22.2 Å². The monoisotopic (exact) mass is 748 g/mol. The number of dihydropyridines is 1. The van der Waals surface area contributed by atoms with Crippen LogP contribution in [0.1, 0.15) is 68.9 Å². The van der Waals surface area contributed by atoms with Crippen LogP contribution in [0.3, 0.4) is 0 Å². The second kappa shape index (κ2) is 15.8. The molecule has 0 unspecified atom stereocenters. The summed E-state index contributed by atoms with van der Waals surface area (Å²) in [7, 11) is 2.92. The van der Waals surface area contributed by atoms with Crippen LogP contribution in [-0.2, 0) is 17.6 Å². The van der Waals surface area contributed by atoms with Gasteiger partial charge < -0.3 is 45.6 Å². The fraction of sp³-hybridized carbons (Fsp3) is 0.400. The number of aromatic hydroxyl groups is 4. The number of aliphatic hydroxyl groups excluding tert-OH is 1. The molecule has 3 atom stereocenters. The second-order valence-electron chi connectivity index (χ2n) is 15.5. The molecule has 0 radical (unpaired) electrons. The number of anilines is 1. The molecule has 0 amide bonds. The molecule has 290 valence electrons. The maximum Gasteiger partial charge on any atom is 0.200 e. The van der Waals surface area contributed by atoms with Crippen molar-refractivity contribution in [2.45, 2.75) is 76.7 Å². The third kappa shape index (κ3) is 7.40. The third-order valence-corrected chi connectivity index (χ3v) is 12.5. The summed E-state index contributed by atoms with van der Waals surface area (Å²) in [6, 6.07) is 19.6. The maximum absolute atomic E-state index is 15.1. The molecule has 2 fully saturated rings. The summed E-state index contributed by atoms with van der Waals surface area (Å²) in [5, 5.41) is 62.3. The van der Waals surface area contributed by atoms with Crippen LogP contribution in [-0.4, -0.2) is 58.2 Å². The molecule has 55 heavy (non-hydrogen) atoms. The van der Waals surface area contributed by atoms with Crippen LogP contribution in [0.2, 0.25) is 0 Å². The molecule has 7 rings (SSSR count). The molecule has 10 heteroatoms. The van der Waals surface area contributed by atoms with Gasteiger partial charge in [-0.05, 0) is 132 Å². The highest BCUT2D eigenvalue weighted by molar-refractivity contribution is 5.87. The Morgan fingerprint density at radius 3 is 2.31 bits per heavy atom. The van der Waals surface area contributed by atoms with E-state index in [2.05, 4.69) is 22.8 Å². The number of carbonyl (C=O) groups is 1. The van der Waals surface area contributed by atoms with Crippen LogP contribution in [0.4, 0.5) is 5.69 Å². The van der Waals surface area contributed by atoms with Crippen LogP contribution in [0.15, 0.2) is 90.3 Å². The minimum Gasteiger partial charge on any atom is -0.508 e. The van der Waals surface area contributed by atoms with E-state index < -0.39 is 17.4 Å². The Bertz CT molecular complexity index is 2110. The van der Waals surface area contributed by atoms with Crippen molar-refractivity contribution in [2.75, 3.05) is 26.1 Å². The molecular formula is C45H52N2O8. The molecule has 4 aromatic carbocycles. The van der Waals surface area contributed by atoms with Crippen molar-refractivity contribution < 1.29 is 39.8 Å². The standard InChI is InChI=1S/C45H52N2O8/c1-54-39-23-28(6-13-35(39)49)7-14-36(50)42(37(51)15-8-29-22-38(52)43(53)40(24-29)55-2)45(20-5-19-44(45)17-3-4-18-44)32-16-21-46-41(27-32)47-33-11-9-31-26-34(48)12-10-30(31)25-33/h6,9-13,16,22-27,36,42,46-50,52-53H,3-5,7-8,14-15,17-21H2,1-2H3/t36-,42-,45-/m1/s1. The molecule has 1 spiro atoms. The number of nitrogens with one attached hydrogen (secondary N) is 2. The van der Waals surface area contributed by atoms with Gasteiger partial charge in [0.25, 0.3) is 0 Å². The van der Waals surface area contributed by atoms with E-state index in [1.165, 1.54) is 20.3 Å². The minimum atomic E-state index is -0.969. The molecule has 4 aromatic rings. The van der Waals surface area contributed by atoms with Crippen molar-refractivity contribution in [3.8, 4) is 34.5 Å².